The second-order valence-electron chi connectivity index (χ2n) is 10.4. The largest absolute Gasteiger partial charge is 0.385 e. The number of hydrogen-bond donors (Lipinski definition) is 1. The Kier molecular flexibility index (Phi) is 8.64. The van der Waals surface area contributed by atoms with Crippen LogP contribution >= 0.6 is 0 Å². The Balaban J connectivity index is 1.21. The third-order valence-electron chi connectivity index (χ3n) is 7.50. The molecule has 4 aromatic rings. The molecule has 39 heavy (non-hydrogen) atoms. The van der Waals surface area contributed by atoms with Crippen LogP contribution in [0.25, 0.3) is 22.2 Å². The van der Waals surface area contributed by atoms with E-state index in [1.54, 1.807) is 13.2 Å². The van der Waals surface area contributed by atoms with Crippen LogP contribution in [0.15, 0.2) is 66.9 Å². The lowest BCUT2D eigenvalue weighted by Gasteiger charge is -2.33. The second-order valence-corrected chi connectivity index (χ2v) is 10.4. The summed E-state index contributed by atoms with van der Waals surface area (Å²) >= 11 is 0. The Morgan fingerprint density at radius 2 is 1.97 bits per heavy atom. The van der Waals surface area contributed by atoms with Crippen LogP contribution in [0.3, 0.4) is 0 Å². The molecule has 0 bridgehead atoms. The van der Waals surface area contributed by atoms with Crippen LogP contribution < -0.4 is 5.73 Å². The number of pyridine rings is 1. The highest BCUT2D eigenvalue weighted by Crippen LogP contribution is 2.30. The van der Waals surface area contributed by atoms with Gasteiger partial charge >= 0.3 is 0 Å². The minimum atomic E-state index is -0.500. The second kappa shape index (κ2) is 12.5. The number of piperidine rings is 1. The molecule has 2 aromatic heterocycles. The van der Waals surface area contributed by atoms with E-state index >= 15 is 0 Å². The molecule has 0 unspecified atom stereocenters. The van der Waals surface area contributed by atoms with Crippen molar-refractivity contribution in [3.05, 3.63) is 84.2 Å². The Morgan fingerprint density at radius 3 is 2.77 bits per heavy atom. The number of rotatable bonds is 10. The maximum Gasteiger partial charge on any atom is 0.224 e. The minimum absolute atomic E-state index is 0.0955. The number of amides is 1. The zero-order valence-electron chi connectivity index (χ0n) is 22.4. The number of aromatic nitrogens is 3. The van der Waals surface area contributed by atoms with Crippen molar-refractivity contribution in [3.63, 3.8) is 0 Å². The smallest absolute Gasteiger partial charge is 0.224 e. The summed E-state index contributed by atoms with van der Waals surface area (Å²) in [4.78, 5) is 23.8. The van der Waals surface area contributed by atoms with Gasteiger partial charge in [0.15, 0.2) is 0 Å². The summed E-state index contributed by atoms with van der Waals surface area (Å²) in [5, 5.41) is 0. The molecule has 2 atom stereocenters. The van der Waals surface area contributed by atoms with E-state index in [-0.39, 0.29) is 17.9 Å². The number of carbonyl (C=O) groups is 1. The summed E-state index contributed by atoms with van der Waals surface area (Å²) in [6.45, 7) is 2.96. The van der Waals surface area contributed by atoms with Crippen molar-refractivity contribution in [1.82, 2.24) is 19.4 Å². The zero-order valence-corrected chi connectivity index (χ0v) is 22.4. The normalized spacial score (nSPS) is 16.5. The summed E-state index contributed by atoms with van der Waals surface area (Å²) in [6.07, 6.45) is 5.23. The van der Waals surface area contributed by atoms with Gasteiger partial charge in [-0.1, -0.05) is 36.4 Å². The van der Waals surface area contributed by atoms with Crippen LogP contribution in [0.4, 0.5) is 4.39 Å². The molecular weight excluding hydrogens is 493 g/mol. The van der Waals surface area contributed by atoms with Gasteiger partial charge in [-0.25, -0.2) is 9.97 Å². The molecule has 0 spiro atoms. The highest BCUT2D eigenvalue weighted by atomic mass is 19.1. The summed E-state index contributed by atoms with van der Waals surface area (Å²) in [5.41, 5.74) is 11.3. The number of carbonyl (C=O) groups excluding carboxylic acids is 1. The first kappa shape index (κ1) is 27.0. The van der Waals surface area contributed by atoms with E-state index in [1.165, 1.54) is 12.3 Å². The molecule has 204 valence electrons. The molecule has 2 N–H and O–H groups in total. The number of ether oxygens (including phenoxy) is 1. The number of benzene rings is 2. The molecule has 1 aliphatic heterocycles. The maximum atomic E-state index is 13.5. The monoisotopic (exact) mass is 529 g/mol. The van der Waals surface area contributed by atoms with Crippen LogP contribution in [-0.2, 0) is 22.5 Å². The highest BCUT2D eigenvalue weighted by molar-refractivity contribution is 5.78. The van der Waals surface area contributed by atoms with Crippen LogP contribution in [0.2, 0.25) is 0 Å². The molecule has 0 aliphatic carbocycles. The minimum Gasteiger partial charge on any atom is -0.385 e. The average molecular weight is 530 g/mol. The summed E-state index contributed by atoms with van der Waals surface area (Å²) in [5.74, 6) is 0.848. The fourth-order valence-corrected chi connectivity index (χ4v) is 5.57. The van der Waals surface area contributed by atoms with Gasteiger partial charge in [0.05, 0.1) is 11.0 Å². The number of nitrogens with two attached hydrogens (primary N) is 1. The lowest BCUT2D eigenvalue weighted by Crippen LogP contribution is -2.42. The molecular formula is C31H36FN5O2. The number of aryl methyl sites for hydroxylation is 1. The first-order valence-electron chi connectivity index (χ1n) is 13.7. The van der Waals surface area contributed by atoms with Crippen molar-refractivity contribution in [1.29, 1.82) is 0 Å². The summed E-state index contributed by atoms with van der Waals surface area (Å²) in [6, 6.07) is 19.0. The molecule has 0 saturated carbocycles. The standard InChI is InChI=1S/C31H36FN5O2/c1-39-17-5-16-37-28-8-3-2-7-27(28)35-31(37)25-6-4-15-36(21-25)30(38)20-26(33)18-22-9-11-23(12-10-22)24-13-14-34-29(32)19-24/h2-3,7-14,19,25-26H,4-6,15-18,20-21,33H2,1H3/t25-,26-/m1/s1. The molecule has 7 nitrogen and oxygen atoms in total. The van der Waals surface area contributed by atoms with E-state index in [0.29, 0.717) is 26.0 Å². The van der Waals surface area contributed by atoms with E-state index in [2.05, 4.69) is 21.7 Å². The number of fused-ring (bicyclic) bond motifs is 1. The zero-order chi connectivity index (χ0) is 27.2. The number of para-hydroxylation sites is 2. The first-order chi connectivity index (χ1) is 19.0. The van der Waals surface area contributed by atoms with Gasteiger partial charge < -0.3 is 19.9 Å². The SMILES string of the molecule is COCCCn1c([C@@H]2CCCN(C(=O)C[C@H](N)Cc3ccc(-c4ccnc(F)c4)cc3)C2)nc2ccccc21. The molecule has 1 saturated heterocycles. The summed E-state index contributed by atoms with van der Waals surface area (Å²) in [7, 11) is 1.72. The van der Waals surface area contributed by atoms with Crippen molar-refractivity contribution in [2.45, 2.75) is 50.6 Å². The van der Waals surface area contributed by atoms with Crippen molar-refractivity contribution in [2.24, 2.45) is 5.73 Å². The fraction of sp³-hybridized carbons (Fsp3) is 0.387. The number of halogens is 1. The van der Waals surface area contributed by atoms with Gasteiger partial charge in [-0.2, -0.15) is 4.39 Å². The third kappa shape index (κ3) is 6.52. The van der Waals surface area contributed by atoms with Crippen molar-refractivity contribution >= 4 is 16.9 Å². The number of methoxy groups -OCH3 is 1. The molecule has 1 fully saturated rings. The van der Waals surface area contributed by atoms with Crippen LogP contribution in [0, 0.1) is 5.95 Å². The average Bonchev–Trinajstić information content (AvgIpc) is 3.32. The number of nitrogens with zero attached hydrogens (tertiary/aromatic N) is 4. The topological polar surface area (TPSA) is 86.3 Å². The molecule has 3 heterocycles. The van der Waals surface area contributed by atoms with E-state index in [9.17, 15) is 9.18 Å². The van der Waals surface area contributed by atoms with Crippen molar-refractivity contribution in [3.8, 4) is 11.1 Å². The maximum absolute atomic E-state index is 13.5. The lowest BCUT2D eigenvalue weighted by molar-refractivity contribution is -0.132. The predicted molar refractivity (Wildman–Crippen MR) is 151 cm³/mol. The fourth-order valence-electron chi connectivity index (χ4n) is 5.57. The van der Waals surface area contributed by atoms with E-state index in [0.717, 1.165) is 65.9 Å². The Morgan fingerprint density at radius 1 is 1.15 bits per heavy atom. The number of imidazole rings is 1. The molecule has 5 rings (SSSR count). The van der Waals surface area contributed by atoms with E-state index in [1.807, 2.05) is 41.3 Å². The Labute approximate surface area is 228 Å². The van der Waals surface area contributed by atoms with Crippen LogP contribution in [0.1, 0.15) is 43.0 Å². The van der Waals surface area contributed by atoms with Gasteiger partial charge in [0.25, 0.3) is 0 Å². The van der Waals surface area contributed by atoms with Gasteiger partial charge in [0, 0.05) is 64.0 Å². The molecule has 0 radical (unpaired) electrons. The molecule has 2 aromatic carbocycles. The summed E-state index contributed by atoms with van der Waals surface area (Å²) < 4.78 is 21.0. The molecule has 1 aliphatic rings. The van der Waals surface area contributed by atoms with Gasteiger partial charge in [-0.15, -0.1) is 0 Å². The third-order valence-corrected chi connectivity index (χ3v) is 7.50. The molecule has 8 heteroatoms. The molecule has 1 amide bonds. The van der Waals surface area contributed by atoms with Gasteiger partial charge in [-0.3, -0.25) is 4.79 Å². The van der Waals surface area contributed by atoms with Gasteiger partial charge in [-0.05, 0) is 60.6 Å². The van der Waals surface area contributed by atoms with Crippen molar-refractivity contribution in [2.75, 3.05) is 26.8 Å². The Hall–Kier alpha value is -3.62. The number of likely N-dealkylation sites (tertiary alicyclic amines) is 1. The quantitative estimate of drug-likeness (QED) is 0.232. The van der Waals surface area contributed by atoms with Gasteiger partial charge in [0.2, 0.25) is 11.9 Å². The lowest BCUT2D eigenvalue weighted by atomic mass is 9.95. The Bertz CT molecular complexity index is 1400. The van der Waals surface area contributed by atoms with Crippen LogP contribution in [0.5, 0.6) is 0 Å². The van der Waals surface area contributed by atoms with E-state index < -0.39 is 5.95 Å². The first-order valence-corrected chi connectivity index (χ1v) is 13.7. The van der Waals surface area contributed by atoms with Crippen LogP contribution in [-0.4, -0.2) is 58.2 Å². The predicted octanol–water partition coefficient (Wildman–Crippen LogP) is 4.94. The van der Waals surface area contributed by atoms with Crippen molar-refractivity contribution < 1.29 is 13.9 Å². The number of hydrogen-bond acceptors (Lipinski definition) is 5. The highest BCUT2D eigenvalue weighted by Gasteiger charge is 2.29. The van der Waals surface area contributed by atoms with E-state index in [4.69, 9.17) is 15.5 Å². The van der Waals surface area contributed by atoms with Gasteiger partial charge in [0.1, 0.15) is 5.82 Å².